The molecule has 1 aliphatic heterocycles. The van der Waals surface area contributed by atoms with E-state index < -0.39 is 6.04 Å². The van der Waals surface area contributed by atoms with Crippen molar-refractivity contribution in [2.45, 2.75) is 57.2 Å². The molecule has 0 unspecified atom stereocenters. The molecule has 39 heavy (non-hydrogen) atoms. The number of amides is 2. The second-order valence-electron chi connectivity index (χ2n) is 9.83. The number of thiophene rings is 1. The van der Waals surface area contributed by atoms with E-state index in [-0.39, 0.29) is 37.6 Å². The Morgan fingerprint density at radius 3 is 2.54 bits per heavy atom. The van der Waals surface area contributed by atoms with E-state index in [1.54, 1.807) is 31.3 Å². The predicted octanol–water partition coefficient (Wildman–Crippen LogP) is 5.26. The molecule has 2 amide bonds. The van der Waals surface area contributed by atoms with Gasteiger partial charge in [-0.05, 0) is 59.7 Å². The normalized spacial score (nSPS) is 15.4. The Morgan fingerprint density at radius 2 is 1.79 bits per heavy atom. The van der Waals surface area contributed by atoms with Crippen molar-refractivity contribution < 1.29 is 28.5 Å². The third-order valence-electron chi connectivity index (χ3n) is 7.25. The monoisotopic (exact) mass is 550 g/mol. The number of fused-ring (bicyclic) bond motifs is 1. The van der Waals surface area contributed by atoms with E-state index in [2.05, 4.69) is 5.32 Å². The van der Waals surface area contributed by atoms with Gasteiger partial charge >= 0.3 is 0 Å². The smallest absolute Gasteiger partial charge is 0.247 e. The molecule has 206 valence electrons. The molecular formula is C30H34N2O6S. The summed E-state index contributed by atoms with van der Waals surface area (Å²) in [4.78, 5) is 30.7. The van der Waals surface area contributed by atoms with Gasteiger partial charge in [0.15, 0.2) is 23.0 Å². The van der Waals surface area contributed by atoms with Gasteiger partial charge in [-0.15, -0.1) is 11.3 Å². The van der Waals surface area contributed by atoms with E-state index in [1.165, 1.54) is 17.8 Å². The van der Waals surface area contributed by atoms with Crippen LogP contribution in [0.2, 0.25) is 0 Å². The highest BCUT2D eigenvalue weighted by Crippen LogP contribution is 2.36. The molecule has 1 atom stereocenters. The van der Waals surface area contributed by atoms with Crippen LogP contribution in [-0.4, -0.2) is 43.8 Å². The molecule has 1 saturated carbocycles. The van der Waals surface area contributed by atoms with Gasteiger partial charge in [-0.1, -0.05) is 37.5 Å². The van der Waals surface area contributed by atoms with Crippen molar-refractivity contribution in [1.29, 1.82) is 0 Å². The second-order valence-corrected chi connectivity index (χ2v) is 10.9. The molecule has 5 rings (SSSR count). The molecular weight excluding hydrogens is 516 g/mol. The SMILES string of the molecule is COc1ccc([C@@H](C(=O)NC2CCCCC2)N(Cc2ccc3c(c2)OCO3)C(=O)Cc2cccs2)cc1OC. The van der Waals surface area contributed by atoms with Gasteiger partial charge in [0.25, 0.3) is 0 Å². The van der Waals surface area contributed by atoms with Crippen molar-refractivity contribution >= 4 is 23.2 Å². The van der Waals surface area contributed by atoms with Crippen molar-refractivity contribution in [1.82, 2.24) is 10.2 Å². The van der Waals surface area contributed by atoms with Crippen LogP contribution in [0.3, 0.4) is 0 Å². The summed E-state index contributed by atoms with van der Waals surface area (Å²) >= 11 is 1.53. The Morgan fingerprint density at radius 1 is 1.00 bits per heavy atom. The van der Waals surface area contributed by atoms with Crippen LogP contribution >= 0.6 is 11.3 Å². The molecule has 0 spiro atoms. The number of carbonyl (C=O) groups excluding carboxylic acids is 2. The van der Waals surface area contributed by atoms with Crippen LogP contribution in [0.25, 0.3) is 0 Å². The topological polar surface area (TPSA) is 86.3 Å². The van der Waals surface area contributed by atoms with Crippen LogP contribution in [0.4, 0.5) is 0 Å². The maximum Gasteiger partial charge on any atom is 0.247 e. The maximum atomic E-state index is 14.1. The van der Waals surface area contributed by atoms with Gasteiger partial charge in [0, 0.05) is 17.5 Å². The van der Waals surface area contributed by atoms with Crippen LogP contribution in [-0.2, 0) is 22.6 Å². The highest BCUT2D eigenvalue weighted by molar-refractivity contribution is 7.10. The van der Waals surface area contributed by atoms with Gasteiger partial charge in [-0.3, -0.25) is 9.59 Å². The molecule has 1 N–H and O–H groups in total. The Balaban J connectivity index is 1.53. The molecule has 3 aromatic rings. The molecule has 2 aromatic carbocycles. The number of rotatable bonds is 10. The summed E-state index contributed by atoms with van der Waals surface area (Å²) < 4.78 is 22.1. The average molecular weight is 551 g/mol. The molecule has 1 aliphatic carbocycles. The summed E-state index contributed by atoms with van der Waals surface area (Å²) in [6, 6.07) is 14.1. The van der Waals surface area contributed by atoms with Gasteiger partial charge in [-0.2, -0.15) is 0 Å². The number of nitrogens with zero attached hydrogens (tertiary/aromatic N) is 1. The standard InChI is InChI=1S/C30H34N2O6S/c1-35-24-13-11-21(16-26(24)36-2)29(30(34)31-22-7-4-3-5-8-22)32(28(33)17-23-9-6-14-39-23)18-20-10-12-25-27(15-20)38-19-37-25/h6,9-16,22,29H,3-5,7-8,17-19H2,1-2H3,(H,31,34)/t29-/m0/s1. The minimum absolute atomic E-state index is 0.0914. The molecule has 0 saturated heterocycles. The van der Waals surface area contributed by atoms with E-state index in [0.29, 0.717) is 28.6 Å². The first-order chi connectivity index (χ1) is 19.1. The van der Waals surface area contributed by atoms with Crippen LogP contribution in [0.1, 0.15) is 54.1 Å². The van der Waals surface area contributed by atoms with E-state index in [4.69, 9.17) is 18.9 Å². The molecule has 2 aliphatic rings. The molecule has 0 bridgehead atoms. The summed E-state index contributed by atoms with van der Waals surface area (Å²) in [6.45, 7) is 0.385. The van der Waals surface area contributed by atoms with Crippen LogP contribution in [0.15, 0.2) is 53.9 Å². The second kappa shape index (κ2) is 12.4. The Hall–Kier alpha value is -3.72. The van der Waals surface area contributed by atoms with Gasteiger partial charge in [0.05, 0.1) is 20.6 Å². The van der Waals surface area contributed by atoms with E-state index in [1.807, 2.05) is 41.8 Å². The van der Waals surface area contributed by atoms with Crippen molar-refractivity contribution in [2.24, 2.45) is 0 Å². The average Bonchev–Trinajstić information content (AvgIpc) is 3.65. The number of hydrogen-bond donors (Lipinski definition) is 1. The van der Waals surface area contributed by atoms with Crippen molar-refractivity contribution in [3.63, 3.8) is 0 Å². The summed E-state index contributed by atoms with van der Waals surface area (Å²) in [7, 11) is 3.13. The Bertz CT molecular complexity index is 1290. The fraction of sp³-hybridized carbons (Fsp3) is 0.400. The molecule has 0 radical (unpaired) electrons. The fourth-order valence-electron chi connectivity index (χ4n) is 5.25. The Labute approximate surface area is 232 Å². The first-order valence-electron chi connectivity index (χ1n) is 13.3. The number of benzene rings is 2. The summed E-state index contributed by atoms with van der Waals surface area (Å²) in [5.74, 6) is 2.01. The lowest BCUT2D eigenvalue weighted by Gasteiger charge is -2.34. The quantitative estimate of drug-likeness (QED) is 0.371. The van der Waals surface area contributed by atoms with Crippen molar-refractivity contribution in [2.75, 3.05) is 21.0 Å². The van der Waals surface area contributed by atoms with E-state index in [9.17, 15) is 9.59 Å². The number of hydrogen-bond acceptors (Lipinski definition) is 7. The first-order valence-corrected chi connectivity index (χ1v) is 14.2. The van der Waals surface area contributed by atoms with Gasteiger partial charge in [0.2, 0.25) is 18.6 Å². The first kappa shape index (κ1) is 26.9. The zero-order chi connectivity index (χ0) is 27.2. The van der Waals surface area contributed by atoms with Crippen molar-refractivity contribution in [3.05, 3.63) is 69.9 Å². The van der Waals surface area contributed by atoms with Crippen LogP contribution < -0.4 is 24.3 Å². The lowest BCUT2D eigenvalue weighted by atomic mass is 9.94. The maximum absolute atomic E-state index is 14.1. The molecule has 8 nitrogen and oxygen atoms in total. The zero-order valence-corrected chi connectivity index (χ0v) is 23.1. The van der Waals surface area contributed by atoms with Gasteiger partial charge in [0.1, 0.15) is 6.04 Å². The number of ether oxygens (including phenoxy) is 4. The summed E-state index contributed by atoms with van der Waals surface area (Å²) in [5, 5.41) is 5.21. The predicted molar refractivity (Wildman–Crippen MR) is 148 cm³/mol. The summed E-state index contributed by atoms with van der Waals surface area (Å²) in [5.41, 5.74) is 1.50. The van der Waals surface area contributed by atoms with E-state index in [0.717, 1.165) is 36.1 Å². The molecule has 2 heterocycles. The third kappa shape index (κ3) is 6.30. The van der Waals surface area contributed by atoms with Crippen molar-refractivity contribution in [3.8, 4) is 23.0 Å². The minimum Gasteiger partial charge on any atom is -0.493 e. The largest absolute Gasteiger partial charge is 0.493 e. The van der Waals surface area contributed by atoms with Crippen LogP contribution in [0.5, 0.6) is 23.0 Å². The third-order valence-corrected chi connectivity index (χ3v) is 8.13. The number of carbonyl (C=O) groups is 2. The van der Waals surface area contributed by atoms with Crippen LogP contribution in [0, 0.1) is 0 Å². The highest BCUT2D eigenvalue weighted by atomic mass is 32.1. The molecule has 1 fully saturated rings. The zero-order valence-electron chi connectivity index (χ0n) is 22.3. The molecule has 1 aromatic heterocycles. The Kier molecular flexibility index (Phi) is 8.56. The van der Waals surface area contributed by atoms with E-state index >= 15 is 0 Å². The van der Waals surface area contributed by atoms with Gasteiger partial charge < -0.3 is 29.2 Å². The lowest BCUT2D eigenvalue weighted by Crippen LogP contribution is -2.47. The minimum atomic E-state index is -0.871. The number of methoxy groups -OCH3 is 2. The number of nitrogens with one attached hydrogen (secondary N) is 1. The van der Waals surface area contributed by atoms with Gasteiger partial charge in [-0.25, -0.2) is 0 Å². The lowest BCUT2D eigenvalue weighted by molar-refractivity contribution is -0.141. The summed E-state index contributed by atoms with van der Waals surface area (Å²) in [6.07, 6.45) is 5.43. The molecule has 9 heteroatoms. The highest BCUT2D eigenvalue weighted by Gasteiger charge is 2.34. The fourth-order valence-corrected chi connectivity index (χ4v) is 5.94.